The number of nitrogens with zero attached hydrogens (tertiary/aromatic N) is 2. The number of imidazole rings is 1. The number of para-hydroxylation sites is 2. The third-order valence-corrected chi connectivity index (χ3v) is 2.45. The molecule has 1 aromatic heterocycles. The van der Waals surface area contributed by atoms with Gasteiger partial charge in [0, 0.05) is 0 Å². The number of fused-ring (bicyclic) bond motifs is 3. The van der Waals surface area contributed by atoms with E-state index in [-0.39, 0.29) is 11.5 Å². The third-order valence-electron chi connectivity index (χ3n) is 2.45. The molecule has 0 aliphatic carbocycles. The predicted octanol–water partition coefficient (Wildman–Crippen LogP) is 1.83. The molecule has 0 unspecified atom stereocenters. The summed E-state index contributed by atoms with van der Waals surface area (Å²) >= 11 is 0. The van der Waals surface area contributed by atoms with Crippen LogP contribution in [-0.2, 0) is 6.54 Å². The van der Waals surface area contributed by atoms with Gasteiger partial charge in [-0.3, -0.25) is 0 Å². The van der Waals surface area contributed by atoms with Gasteiger partial charge in [-0.05, 0) is 12.1 Å². The lowest BCUT2D eigenvalue weighted by atomic mass is 10.3. The largest absolute Gasteiger partial charge is 0.507 e. The van der Waals surface area contributed by atoms with Crippen molar-refractivity contribution in [3.63, 3.8) is 0 Å². The third kappa shape index (κ3) is 0.750. The highest BCUT2D eigenvalue weighted by molar-refractivity contribution is 5.80. The molecule has 1 aliphatic heterocycles. The summed E-state index contributed by atoms with van der Waals surface area (Å²) in [6.45, 7) is 0.307. The van der Waals surface area contributed by atoms with Crippen LogP contribution < -0.4 is 0 Å². The molecule has 0 saturated heterocycles. The lowest BCUT2D eigenvalue weighted by Gasteiger charge is -1.96. The van der Waals surface area contributed by atoms with E-state index in [2.05, 4.69) is 4.98 Å². The minimum absolute atomic E-state index is 0.0155. The molecule has 4 nitrogen and oxygen atoms in total. The highest BCUT2D eigenvalue weighted by Gasteiger charge is 2.24. The van der Waals surface area contributed by atoms with Gasteiger partial charge in [0.2, 0.25) is 0 Å². The van der Waals surface area contributed by atoms with Crippen molar-refractivity contribution in [3.05, 3.63) is 35.8 Å². The SMILES string of the molecule is OC1=C(O)c2nc3ccccc3n2C1. The Balaban J connectivity index is 2.39. The fourth-order valence-corrected chi connectivity index (χ4v) is 1.77. The maximum Gasteiger partial charge on any atom is 0.198 e. The highest BCUT2D eigenvalue weighted by Crippen LogP contribution is 2.27. The van der Waals surface area contributed by atoms with Crippen LogP contribution in [0.25, 0.3) is 16.8 Å². The van der Waals surface area contributed by atoms with Crippen LogP contribution in [0.3, 0.4) is 0 Å². The Morgan fingerprint density at radius 2 is 2.00 bits per heavy atom. The van der Waals surface area contributed by atoms with Crippen LogP contribution in [0.4, 0.5) is 0 Å². The van der Waals surface area contributed by atoms with Gasteiger partial charge in [-0.1, -0.05) is 12.1 Å². The van der Waals surface area contributed by atoms with Crippen molar-refractivity contribution >= 4 is 16.8 Å². The Hall–Kier alpha value is -1.97. The molecular formula is C10H8N2O2. The second-order valence-electron chi connectivity index (χ2n) is 3.31. The molecule has 70 valence electrons. The maximum absolute atomic E-state index is 9.50. The fraction of sp³-hybridized carbons (Fsp3) is 0.100. The van der Waals surface area contributed by atoms with Crippen molar-refractivity contribution in [3.8, 4) is 0 Å². The Kier molecular flexibility index (Phi) is 1.21. The van der Waals surface area contributed by atoms with Gasteiger partial charge in [-0.15, -0.1) is 0 Å². The first kappa shape index (κ1) is 7.44. The number of aliphatic hydroxyl groups excluding tert-OH is 2. The molecule has 2 heterocycles. The van der Waals surface area contributed by atoms with Gasteiger partial charge in [0.15, 0.2) is 17.3 Å². The molecule has 0 radical (unpaired) electrons. The van der Waals surface area contributed by atoms with E-state index >= 15 is 0 Å². The van der Waals surface area contributed by atoms with Gasteiger partial charge in [-0.2, -0.15) is 0 Å². The van der Waals surface area contributed by atoms with Crippen molar-refractivity contribution in [2.24, 2.45) is 0 Å². The molecule has 0 amide bonds. The molecule has 0 saturated carbocycles. The molecular weight excluding hydrogens is 180 g/mol. The maximum atomic E-state index is 9.50. The highest BCUT2D eigenvalue weighted by atomic mass is 16.3. The van der Waals surface area contributed by atoms with Gasteiger partial charge in [0.05, 0.1) is 17.6 Å². The number of aliphatic hydroxyl groups is 2. The zero-order valence-corrected chi connectivity index (χ0v) is 7.31. The van der Waals surface area contributed by atoms with Crippen LogP contribution >= 0.6 is 0 Å². The summed E-state index contributed by atoms with van der Waals surface area (Å²) in [6, 6.07) is 7.60. The van der Waals surface area contributed by atoms with E-state index < -0.39 is 0 Å². The van der Waals surface area contributed by atoms with Crippen LogP contribution in [0.1, 0.15) is 5.82 Å². The molecule has 2 N–H and O–H groups in total. The zero-order valence-electron chi connectivity index (χ0n) is 7.31. The Morgan fingerprint density at radius 1 is 1.21 bits per heavy atom. The van der Waals surface area contributed by atoms with Crippen LogP contribution in [0, 0.1) is 0 Å². The van der Waals surface area contributed by atoms with E-state index in [1.165, 1.54) is 0 Å². The monoisotopic (exact) mass is 188 g/mol. The number of rotatable bonds is 0. The van der Waals surface area contributed by atoms with Crippen LogP contribution in [0.15, 0.2) is 30.0 Å². The lowest BCUT2D eigenvalue weighted by Crippen LogP contribution is -1.94. The first-order valence-electron chi connectivity index (χ1n) is 4.34. The average molecular weight is 188 g/mol. The van der Waals surface area contributed by atoms with Crippen molar-refractivity contribution < 1.29 is 10.2 Å². The summed E-state index contributed by atoms with van der Waals surface area (Å²) in [5.41, 5.74) is 1.76. The molecule has 0 spiro atoms. The second-order valence-corrected chi connectivity index (χ2v) is 3.31. The first-order chi connectivity index (χ1) is 6.77. The molecule has 0 atom stereocenters. The van der Waals surface area contributed by atoms with Crippen LogP contribution in [-0.4, -0.2) is 19.8 Å². The van der Waals surface area contributed by atoms with E-state index in [9.17, 15) is 10.2 Å². The van der Waals surface area contributed by atoms with E-state index in [0.717, 1.165) is 11.0 Å². The molecule has 14 heavy (non-hydrogen) atoms. The number of hydrogen-bond acceptors (Lipinski definition) is 3. The van der Waals surface area contributed by atoms with Gasteiger partial charge >= 0.3 is 0 Å². The van der Waals surface area contributed by atoms with E-state index in [1.54, 1.807) is 4.57 Å². The Bertz CT molecular complexity index is 554. The van der Waals surface area contributed by atoms with Crippen LogP contribution in [0.5, 0.6) is 0 Å². The van der Waals surface area contributed by atoms with Gasteiger partial charge in [-0.25, -0.2) is 4.98 Å². The number of benzene rings is 1. The summed E-state index contributed by atoms with van der Waals surface area (Å²) in [5, 5.41) is 18.8. The fourth-order valence-electron chi connectivity index (χ4n) is 1.77. The number of aromatic nitrogens is 2. The van der Waals surface area contributed by atoms with Crippen molar-refractivity contribution in [1.82, 2.24) is 9.55 Å². The smallest absolute Gasteiger partial charge is 0.198 e. The summed E-state index contributed by atoms with van der Waals surface area (Å²) in [7, 11) is 0. The minimum atomic E-state index is -0.110. The molecule has 2 aromatic rings. The summed E-state index contributed by atoms with van der Waals surface area (Å²) < 4.78 is 1.79. The molecule has 0 bridgehead atoms. The zero-order chi connectivity index (χ0) is 9.71. The Labute approximate surface area is 79.7 Å². The van der Waals surface area contributed by atoms with Gasteiger partial charge in [0.1, 0.15) is 0 Å². The van der Waals surface area contributed by atoms with E-state index in [1.807, 2.05) is 24.3 Å². The lowest BCUT2D eigenvalue weighted by molar-refractivity contribution is 0.368. The average Bonchev–Trinajstić information content (AvgIpc) is 2.67. The number of allylic oxidation sites excluding steroid dienone is 1. The van der Waals surface area contributed by atoms with Crippen molar-refractivity contribution in [2.75, 3.05) is 0 Å². The van der Waals surface area contributed by atoms with Gasteiger partial charge < -0.3 is 14.8 Å². The summed E-state index contributed by atoms with van der Waals surface area (Å²) in [5.74, 6) is 0.322. The van der Waals surface area contributed by atoms with Crippen LogP contribution in [0.2, 0.25) is 0 Å². The van der Waals surface area contributed by atoms with E-state index in [0.29, 0.717) is 12.4 Å². The van der Waals surface area contributed by atoms with E-state index in [4.69, 9.17) is 0 Å². The predicted molar refractivity (Wildman–Crippen MR) is 51.9 cm³/mol. The second kappa shape index (κ2) is 2.29. The molecule has 0 fully saturated rings. The topological polar surface area (TPSA) is 58.3 Å². The summed E-state index contributed by atoms with van der Waals surface area (Å²) in [4.78, 5) is 4.22. The van der Waals surface area contributed by atoms with Crippen molar-refractivity contribution in [1.29, 1.82) is 0 Å². The van der Waals surface area contributed by atoms with Gasteiger partial charge in [0.25, 0.3) is 0 Å². The Morgan fingerprint density at radius 3 is 2.86 bits per heavy atom. The quantitative estimate of drug-likeness (QED) is 0.663. The van der Waals surface area contributed by atoms with Crippen molar-refractivity contribution in [2.45, 2.75) is 6.54 Å². The normalized spacial score (nSPS) is 15.1. The number of hydrogen-bond donors (Lipinski definition) is 2. The molecule has 3 rings (SSSR count). The molecule has 1 aromatic carbocycles. The minimum Gasteiger partial charge on any atom is -0.507 e. The standard InChI is InChI=1S/C10H8N2O2/c13-8-5-12-7-4-2-1-3-6(7)11-10(12)9(8)14/h1-4,13-14H,5H2. The first-order valence-corrected chi connectivity index (χ1v) is 4.34. The molecule has 4 heteroatoms. The molecule has 1 aliphatic rings. The summed E-state index contributed by atoms with van der Waals surface area (Å²) in [6.07, 6.45) is 0.